The smallest absolute Gasteiger partial charge is 0.307 e. The number of nitrogens with one attached hydrogen (secondary N) is 1. The van der Waals surface area contributed by atoms with Crippen molar-refractivity contribution in [2.45, 2.75) is 44.9 Å². The topological polar surface area (TPSA) is 54.6 Å². The van der Waals surface area contributed by atoms with E-state index >= 15 is 0 Å². The van der Waals surface area contributed by atoms with E-state index in [0.29, 0.717) is 10.6 Å². The summed E-state index contributed by atoms with van der Waals surface area (Å²) in [5.41, 5.74) is 5.71. The van der Waals surface area contributed by atoms with Gasteiger partial charge in [0.1, 0.15) is 0 Å². The molecule has 2 aromatic rings. The zero-order valence-corrected chi connectivity index (χ0v) is 15.3. The number of hydrogen-bond donors (Lipinski definition) is 1. The van der Waals surface area contributed by atoms with E-state index in [2.05, 4.69) is 50.7 Å². The van der Waals surface area contributed by atoms with E-state index in [1.165, 1.54) is 37.7 Å². The molecule has 0 atom stereocenters. The molecule has 4 nitrogen and oxygen atoms in total. The van der Waals surface area contributed by atoms with Gasteiger partial charge in [-0.1, -0.05) is 43.5 Å². The number of nitrogens with zero attached hydrogens (tertiary/aromatic N) is 1. The quantitative estimate of drug-likeness (QED) is 0.574. The summed E-state index contributed by atoms with van der Waals surface area (Å²) in [4.78, 5) is 11.9. The van der Waals surface area contributed by atoms with Crippen molar-refractivity contribution in [1.29, 1.82) is 0 Å². The van der Waals surface area contributed by atoms with Crippen LogP contribution in [0.1, 0.15) is 66.6 Å². The first kappa shape index (κ1) is 17.0. The standard InChI is InChI=1S/C19H21BrN2O2/c1-13(21-22-19(23)17-11-12-18(20)24-17)14-7-9-16(10-8-14)15-5-3-2-4-6-15/h7-12,15H,2-6H2,1H3,(H,22,23)/b21-13+. The molecule has 1 heterocycles. The van der Waals surface area contributed by atoms with Gasteiger partial charge in [0.2, 0.25) is 0 Å². The van der Waals surface area contributed by atoms with Gasteiger partial charge in [-0.05, 0) is 64.9 Å². The molecule has 0 spiro atoms. The zero-order valence-electron chi connectivity index (χ0n) is 13.7. The summed E-state index contributed by atoms with van der Waals surface area (Å²) < 4.78 is 5.72. The van der Waals surface area contributed by atoms with E-state index in [1.54, 1.807) is 12.1 Å². The first-order chi connectivity index (χ1) is 11.6. The third kappa shape index (κ3) is 4.15. The summed E-state index contributed by atoms with van der Waals surface area (Å²) in [6, 6.07) is 11.8. The molecule has 5 heteroatoms. The zero-order chi connectivity index (χ0) is 16.9. The fraction of sp³-hybridized carbons (Fsp3) is 0.368. The Hall–Kier alpha value is -1.88. The molecule has 3 rings (SSSR count). The summed E-state index contributed by atoms with van der Waals surface area (Å²) in [6.45, 7) is 1.88. The van der Waals surface area contributed by atoms with Crippen molar-refractivity contribution in [3.63, 3.8) is 0 Å². The number of carbonyl (C=O) groups excluding carboxylic acids is 1. The summed E-state index contributed by atoms with van der Waals surface area (Å²) in [5.74, 6) is 0.562. The predicted molar refractivity (Wildman–Crippen MR) is 98.4 cm³/mol. The number of amides is 1. The minimum Gasteiger partial charge on any atom is -0.444 e. The van der Waals surface area contributed by atoms with Crippen LogP contribution >= 0.6 is 15.9 Å². The second kappa shape index (κ2) is 7.79. The summed E-state index contributed by atoms with van der Waals surface area (Å²) in [7, 11) is 0. The van der Waals surface area contributed by atoms with Crippen LogP contribution in [0.4, 0.5) is 0 Å². The monoisotopic (exact) mass is 388 g/mol. The van der Waals surface area contributed by atoms with Crippen molar-refractivity contribution < 1.29 is 9.21 Å². The van der Waals surface area contributed by atoms with Gasteiger partial charge >= 0.3 is 5.91 Å². The molecule has 1 aromatic carbocycles. The normalized spacial score (nSPS) is 16.2. The lowest BCUT2D eigenvalue weighted by Gasteiger charge is -2.22. The second-order valence-electron chi connectivity index (χ2n) is 6.20. The molecule has 1 aliphatic rings. The molecule has 1 fully saturated rings. The molecule has 1 aliphatic carbocycles. The maximum Gasteiger partial charge on any atom is 0.307 e. The van der Waals surface area contributed by atoms with Gasteiger partial charge in [0.25, 0.3) is 0 Å². The SMILES string of the molecule is C/C(=N\NC(=O)c1ccc(Br)o1)c1ccc(C2CCCCC2)cc1. The van der Waals surface area contributed by atoms with E-state index in [-0.39, 0.29) is 11.7 Å². The Balaban J connectivity index is 1.63. The fourth-order valence-corrected chi connectivity index (χ4v) is 3.43. The Kier molecular flexibility index (Phi) is 5.51. The number of carbonyl (C=O) groups is 1. The van der Waals surface area contributed by atoms with Crippen LogP contribution < -0.4 is 5.43 Å². The van der Waals surface area contributed by atoms with E-state index in [0.717, 1.165) is 11.3 Å². The minimum absolute atomic E-state index is 0.228. The van der Waals surface area contributed by atoms with Crippen molar-refractivity contribution in [1.82, 2.24) is 5.43 Å². The fourth-order valence-electron chi connectivity index (χ4n) is 3.12. The molecule has 1 aromatic heterocycles. The molecule has 1 saturated carbocycles. The number of furan rings is 1. The lowest BCUT2D eigenvalue weighted by atomic mass is 9.84. The van der Waals surface area contributed by atoms with Crippen molar-refractivity contribution in [3.05, 3.63) is 58.0 Å². The molecule has 1 N–H and O–H groups in total. The highest BCUT2D eigenvalue weighted by Crippen LogP contribution is 2.32. The Labute approximate surface area is 150 Å². The van der Waals surface area contributed by atoms with Crippen LogP contribution in [-0.4, -0.2) is 11.6 Å². The van der Waals surface area contributed by atoms with Crippen LogP contribution in [0.3, 0.4) is 0 Å². The number of halogens is 1. The van der Waals surface area contributed by atoms with Crippen molar-refractivity contribution in [2.24, 2.45) is 5.10 Å². The van der Waals surface area contributed by atoms with Crippen LogP contribution in [0.5, 0.6) is 0 Å². The van der Waals surface area contributed by atoms with Crippen LogP contribution in [0.25, 0.3) is 0 Å². The Bertz CT molecular complexity index is 728. The largest absolute Gasteiger partial charge is 0.444 e. The molecule has 0 radical (unpaired) electrons. The summed E-state index contributed by atoms with van der Waals surface area (Å²) in [5, 5.41) is 4.16. The van der Waals surface area contributed by atoms with Crippen LogP contribution in [-0.2, 0) is 0 Å². The molecule has 0 unspecified atom stereocenters. The third-order valence-electron chi connectivity index (χ3n) is 4.53. The highest BCUT2D eigenvalue weighted by molar-refractivity contribution is 9.10. The number of hydrogen-bond acceptors (Lipinski definition) is 3. The average molecular weight is 389 g/mol. The van der Waals surface area contributed by atoms with Gasteiger partial charge in [0.15, 0.2) is 10.4 Å². The Morgan fingerprint density at radius 2 is 1.83 bits per heavy atom. The molecule has 0 saturated heterocycles. The number of rotatable bonds is 4. The van der Waals surface area contributed by atoms with Gasteiger partial charge in [0, 0.05) is 0 Å². The van der Waals surface area contributed by atoms with E-state index in [9.17, 15) is 4.79 Å². The minimum atomic E-state index is -0.362. The average Bonchev–Trinajstić information content (AvgIpc) is 3.07. The van der Waals surface area contributed by atoms with Crippen LogP contribution in [0.2, 0.25) is 0 Å². The highest BCUT2D eigenvalue weighted by Gasteiger charge is 2.15. The maximum absolute atomic E-state index is 11.9. The van der Waals surface area contributed by atoms with Crippen molar-refractivity contribution in [3.8, 4) is 0 Å². The summed E-state index contributed by atoms with van der Waals surface area (Å²) in [6.07, 6.45) is 6.62. The third-order valence-corrected chi connectivity index (χ3v) is 4.95. The predicted octanol–water partition coefficient (Wildman–Crippen LogP) is 5.24. The Morgan fingerprint density at radius 1 is 1.12 bits per heavy atom. The van der Waals surface area contributed by atoms with Gasteiger partial charge in [-0.2, -0.15) is 5.10 Å². The number of hydrazone groups is 1. The van der Waals surface area contributed by atoms with Gasteiger partial charge in [-0.15, -0.1) is 0 Å². The molecule has 1 amide bonds. The van der Waals surface area contributed by atoms with E-state index < -0.39 is 0 Å². The molecule has 0 aliphatic heterocycles. The lowest BCUT2D eigenvalue weighted by molar-refractivity contribution is 0.0926. The highest BCUT2D eigenvalue weighted by atomic mass is 79.9. The van der Waals surface area contributed by atoms with Gasteiger partial charge in [-0.25, -0.2) is 5.43 Å². The molecule has 126 valence electrons. The molecular formula is C19H21BrN2O2. The lowest BCUT2D eigenvalue weighted by Crippen LogP contribution is -2.18. The van der Waals surface area contributed by atoms with Gasteiger partial charge in [0.05, 0.1) is 5.71 Å². The van der Waals surface area contributed by atoms with E-state index in [1.807, 2.05) is 6.92 Å². The van der Waals surface area contributed by atoms with Crippen molar-refractivity contribution >= 4 is 27.5 Å². The molecule has 0 bridgehead atoms. The first-order valence-corrected chi connectivity index (χ1v) is 9.13. The van der Waals surface area contributed by atoms with E-state index in [4.69, 9.17) is 4.42 Å². The van der Waals surface area contributed by atoms with Crippen LogP contribution in [0, 0.1) is 0 Å². The van der Waals surface area contributed by atoms with Crippen LogP contribution in [0.15, 0.2) is 50.6 Å². The van der Waals surface area contributed by atoms with Crippen molar-refractivity contribution in [2.75, 3.05) is 0 Å². The molecule has 24 heavy (non-hydrogen) atoms. The Morgan fingerprint density at radius 3 is 2.46 bits per heavy atom. The van der Waals surface area contributed by atoms with Gasteiger partial charge < -0.3 is 4.42 Å². The molecular weight excluding hydrogens is 368 g/mol. The number of benzene rings is 1. The maximum atomic E-state index is 11.9. The van der Waals surface area contributed by atoms with Gasteiger partial charge in [-0.3, -0.25) is 4.79 Å². The first-order valence-electron chi connectivity index (χ1n) is 8.34. The summed E-state index contributed by atoms with van der Waals surface area (Å²) >= 11 is 3.17. The second-order valence-corrected chi connectivity index (χ2v) is 6.98.